The van der Waals surface area contributed by atoms with Gasteiger partial charge in [-0.25, -0.2) is 8.42 Å². The van der Waals surface area contributed by atoms with Gasteiger partial charge in [0.05, 0.1) is 4.90 Å². The highest BCUT2D eigenvalue weighted by molar-refractivity contribution is 7.89. The Bertz CT molecular complexity index is 1120. The van der Waals surface area contributed by atoms with Gasteiger partial charge < -0.3 is 5.32 Å². The number of para-hydroxylation sites is 1. The molecule has 2 aliphatic heterocycles. The zero-order valence-corrected chi connectivity index (χ0v) is 18.6. The SMILES string of the molecule is CCc1ccccc1NC(=O)[C@H]1Cc2cc(S(=O)(=O)N3CCCC3)ccc2N1C(C)=O. The van der Waals surface area contributed by atoms with Crippen molar-refractivity contribution in [2.75, 3.05) is 23.3 Å². The molecule has 2 aliphatic rings. The highest BCUT2D eigenvalue weighted by Gasteiger charge is 2.38. The summed E-state index contributed by atoms with van der Waals surface area (Å²) < 4.78 is 27.4. The van der Waals surface area contributed by atoms with Crippen molar-refractivity contribution >= 4 is 33.2 Å². The van der Waals surface area contributed by atoms with E-state index in [1.54, 1.807) is 12.1 Å². The summed E-state index contributed by atoms with van der Waals surface area (Å²) in [4.78, 5) is 27.2. The molecule has 0 unspecified atom stereocenters. The fourth-order valence-electron chi connectivity index (χ4n) is 4.43. The number of benzene rings is 2. The number of fused-ring (bicyclic) bond motifs is 1. The number of sulfonamides is 1. The smallest absolute Gasteiger partial charge is 0.247 e. The van der Waals surface area contributed by atoms with Gasteiger partial charge in [0.1, 0.15) is 6.04 Å². The van der Waals surface area contributed by atoms with Crippen molar-refractivity contribution in [3.05, 3.63) is 53.6 Å². The molecule has 0 bridgehead atoms. The van der Waals surface area contributed by atoms with Crippen molar-refractivity contribution in [2.45, 2.75) is 50.5 Å². The highest BCUT2D eigenvalue weighted by atomic mass is 32.2. The van der Waals surface area contributed by atoms with Crippen LogP contribution >= 0.6 is 0 Å². The van der Waals surface area contributed by atoms with Crippen LogP contribution in [-0.4, -0.2) is 43.7 Å². The number of hydrogen-bond donors (Lipinski definition) is 1. The molecule has 4 rings (SSSR count). The minimum Gasteiger partial charge on any atom is -0.324 e. The number of anilines is 2. The lowest BCUT2D eigenvalue weighted by Crippen LogP contribution is -2.44. The summed E-state index contributed by atoms with van der Waals surface area (Å²) in [5, 5.41) is 2.95. The number of rotatable bonds is 5. The van der Waals surface area contributed by atoms with Crippen molar-refractivity contribution in [3.8, 4) is 0 Å². The summed E-state index contributed by atoms with van der Waals surface area (Å²) in [6.45, 7) is 4.49. The van der Waals surface area contributed by atoms with Crippen LogP contribution in [0.15, 0.2) is 47.4 Å². The van der Waals surface area contributed by atoms with E-state index in [2.05, 4.69) is 5.32 Å². The summed E-state index contributed by atoms with van der Waals surface area (Å²) in [6.07, 6.45) is 2.78. The topological polar surface area (TPSA) is 86.8 Å². The summed E-state index contributed by atoms with van der Waals surface area (Å²) in [7, 11) is -3.56. The molecule has 8 heteroatoms. The second kappa shape index (κ2) is 8.43. The fraction of sp³-hybridized carbons (Fsp3) is 0.391. The number of aryl methyl sites for hydroxylation is 1. The number of amides is 2. The lowest BCUT2D eigenvalue weighted by molar-refractivity contribution is -0.122. The fourth-order valence-corrected chi connectivity index (χ4v) is 6.00. The lowest BCUT2D eigenvalue weighted by atomic mass is 10.1. The average molecular weight is 442 g/mol. The van der Waals surface area contributed by atoms with Gasteiger partial charge in [-0.1, -0.05) is 25.1 Å². The third kappa shape index (κ3) is 3.97. The van der Waals surface area contributed by atoms with Gasteiger partial charge in [0.15, 0.2) is 0 Å². The molecule has 164 valence electrons. The van der Waals surface area contributed by atoms with Gasteiger partial charge in [-0.3, -0.25) is 14.5 Å². The summed E-state index contributed by atoms with van der Waals surface area (Å²) in [5.41, 5.74) is 3.03. The van der Waals surface area contributed by atoms with Crippen LogP contribution in [0.4, 0.5) is 11.4 Å². The average Bonchev–Trinajstić information content (AvgIpc) is 3.42. The lowest BCUT2D eigenvalue weighted by Gasteiger charge is -2.24. The Kier molecular flexibility index (Phi) is 5.85. The van der Waals surface area contributed by atoms with Gasteiger partial charge in [-0.2, -0.15) is 4.31 Å². The molecule has 1 fully saturated rings. The molecule has 0 radical (unpaired) electrons. The summed E-state index contributed by atoms with van der Waals surface area (Å²) >= 11 is 0. The first-order valence-corrected chi connectivity index (χ1v) is 12.1. The Hall–Kier alpha value is -2.71. The van der Waals surface area contributed by atoms with E-state index in [0.717, 1.165) is 30.5 Å². The van der Waals surface area contributed by atoms with Crippen molar-refractivity contribution in [2.24, 2.45) is 0 Å². The van der Waals surface area contributed by atoms with Gasteiger partial charge in [0.2, 0.25) is 21.8 Å². The van der Waals surface area contributed by atoms with Crippen LogP contribution in [0.25, 0.3) is 0 Å². The Labute approximate surface area is 183 Å². The van der Waals surface area contributed by atoms with Gasteiger partial charge in [0, 0.05) is 37.8 Å². The Balaban J connectivity index is 1.63. The number of nitrogens with zero attached hydrogens (tertiary/aromatic N) is 2. The molecule has 1 saturated heterocycles. The Morgan fingerprint density at radius 3 is 2.48 bits per heavy atom. The molecule has 1 N–H and O–H groups in total. The third-order valence-corrected chi connectivity index (χ3v) is 7.93. The normalized spacial score (nSPS) is 18.8. The van der Waals surface area contributed by atoms with Gasteiger partial charge in [-0.05, 0) is 54.7 Å². The van der Waals surface area contributed by atoms with E-state index in [4.69, 9.17) is 0 Å². The van der Waals surface area contributed by atoms with Crippen LogP contribution in [0, 0.1) is 0 Å². The molecule has 2 amide bonds. The zero-order valence-electron chi connectivity index (χ0n) is 17.8. The molecule has 2 heterocycles. The van der Waals surface area contributed by atoms with Crippen LogP contribution in [0.1, 0.15) is 37.8 Å². The highest BCUT2D eigenvalue weighted by Crippen LogP contribution is 2.35. The van der Waals surface area contributed by atoms with Gasteiger partial charge >= 0.3 is 0 Å². The molecule has 2 aromatic rings. The van der Waals surface area contributed by atoms with E-state index in [-0.39, 0.29) is 23.1 Å². The van der Waals surface area contributed by atoms with E-state index in [9.17, 15) is 18.0 Å². The molecular weight excluding hydrogens is 414 g/mol. The maximum atomic E-state index is 13.1. The maximum Gasteiger partial charge on any atom is 0.247 e. The van der Waals surface area contributed by atoms with E-state index < -0.39 is 16.1 Å². The van der Waals surface area contributed by atoms with E-state index in [1.807, 2.05) is 31.2 Å². The maximum absolute atomic E-state index is 13.1. The second-order valence-electron chi connectivity index (χ2n) is 8.01. The minimum atomic E-state index is -3.56. The van der Waals surface area contributed by atoms with Crippen LogP contribution in [0.2, 0.25) is 0 Å². The predicted octanol–water partition coefficient (Wildman–Crippen LogP) is 2.95. The number of carbonyl (C=O) groups is 2. The Morgan fingerprint density at radius 2 is 1.81 bits per heavy atom. The molecule has 31 heavy (non-hydrogen) atoms. The third-order valence-electron chi connectivity index (χ3n) is 6.04. The molecule has 0 aliphatic carbocycles. The van der Waals surface area contributed by atoms with Crippen LogP contribution < -0.4 is 10.2 Å². The first kappa shape index (κ1) is 21.5. The molecule has 1 atom stereocenters. The molecule has 2 aromatic carbocycles. The van der Waals surface area contributed by atoms with Gasteiger partial charge in [-0.15, -0.1) is 0 Å². The number of carbonyl (C=O) groups excluding carboxylic acids is 2. The van der Waals surface area contributed by atoms with Crippen LogP contribution in [0.3, 0.4) is 0 Å². The second-order valence-corrected chi connectivity index (χ2v) is 9.95. The largest absolute Gasteiger partial charge is 0.324 e. The van der Waals surface area contributed by atoms with E-state index in [0.29, 0.717) is 24.3 Å². The minimum absolute atomic E-state index is 0.217. The molecule has 7 nitrogen and oxygen atoms in total. The molecule has 0 spiro atoms. The number of hydrogen-bond acceptors (Lipinski definition) is 4. The van der Waals surface area contributed by atoms with Crippen molar-refractivity contribution in [1.82, 2.24) is 4.31 Å². The summed E-state index contributed by atoms with van der Waals surface area (Å²) in [6, 6.07) is 11.7. The number of nitrogens with one attached hydrogen (secondary N) is 1. The van der Waals surface area contributed by atoms with Crippen molar-refractivity contribution in [3.63, 3.8) is 0 Å². The van der Waals surface area contributed by atoms with E-state index in [1.165, 1.54) is 22.2 Å². The van der Waals surface area contributed by atoms with Crippen LogP contribution in [-0.2, 0) is 32.5 Å². The molecule has 0 saturated carbocycles. The quantitative estimate of drug-likeness (QED) is 0.773. The Morgan fingerprint density at radius 1 is 1.10 bits per heavy atom. The monoisotopic (exact) mass is 441 g/mol. The standard InChI is InChI=1S/C23H27N3O4S/c1-3-17-8-4-5-9-20(17)24-23(28)22-15-18-14-19(10-11-21(18)26(22)16(2)27)31(29,30)25-12-6-7-13-25/h4-5,8-11,14,22H,3,6-7,12-13,15H2,1-2H3,(H,24,28)/t22-/m1/s1. The van der Waals surface area contributed by atoms with Crippen LogP contribution in [0.5, 0.6) is 0 Å². The van der Waals surface area contributed by atoms with Crippen molar-refractivity contribution < 1.29 is 18.0 Å². The molecule has 0 aromatic heterocycles. The first-order valence-electron chi connectivity index (χ1n) is 10.6. The predicted molar refractivity (Wildman–Crippen MR) is 120 cm³/mol. The van der Waals surface area contributed by atoms with E-state index >= 15 is 0 Å². The summed E-state index contributed by atoms with van der Waals surface area (Å²) in [5.74, 6) is -0.533. The molecular formula is C23H27N3O4S. The van der Waals surface area contributed by atoms with Crippen molar-refractivity contribution in [1.29, 1.82) is 0 Å². The first-order chi connectivity index (χ1) is 14.8. The van der Waals surface area contributed by atoms with Gasteiger partial charge in [0.25, 0.3) is 0 Å². The zero-order chi connectivity index (χ0) is 22.2.